The van der Waals surface area contributed by atoms with Crippen LogP contribution in [0.2, 0.25) is 5.02 Å². The van der Waals surface area contributed by atoms with Crippen LogP contribution in [0.5, 0.6) is 0 Å². The van der Waals surface area contributed by atoms with Crippen LogP contribution in [0, 0.1) is 11.6 Å². The Morgan fingerprint density at radius 1 is 0.439 bits per heavy atom. The minimum Gasteiger partial charge on any atom is -0.335 e. The van der Waals surface area contributed by atoms with Crippen molar-refractivity contribution in [2.75, 3.05) is 63.3 Å². The maximum absolute atomic E-state index is 13.9. The van der Waals surface area contributed by atoms with E-state index in [2.05, 4.69) is 118 Å². The van der Waals surface area contributed by atoms with Gasteiger partial charge in [0, 0.05) is 158 Å². The number of benzene rings is 3. The highest BCUT2D eigenvalue weighted by Gasteiger charge is 2.24. The van der Waals surface area contributed by atoms with E-state index in [0.29, 0.717) is 137 Å². The fourth-order valence-corrected chi connectivity index (χ4v) is 13.4. The number of urea groups is 2. The molecule has 0 radical (unpaired) electrons. The number of nitrogens with zero attached hydrogens (tertiary/aromatic N) is 18. The van der Waals surface area contributed by atoms with Crippen molar-refractivity contribution >= 4 is 113 Å². The average molecular weight is 1540 g/mol. The summed E-state index contributed by atoms with van der Waals surface area (Å²) in [6.45, 7) is 4.86. The number of halogens is 3. The molecule has 114 heavy (non-hydrogen) atoms. The van der Waals surface area contributed by atoms with Crippen molar-refractivity contribution in [3.05, 3.63) is 219 Å². The lowest BCUT2D eigenvalue weighted by molar-refractivity contribution is -0.115. The maximum atomic E-state index is 13.9. The van der Waals surface area contributed by atoms with E-state index in [1.807, 2.05) is 72.8 Å². The number of anilines is 3. The Bertz CT molecular complexity index is 6720. The number of rotatable bonds is 13. The number of aromatic amines is 6. The van der Waals surface area contributed by atoms with Gasteiger partial charge in [-0.25, -0.2) is 48.3 Å². The highest BCUT2D eigenvalue weighted by atomic mass is 35.5. The molecule has 30 nitrogen and oxygen atoms in total. The van der Waals surface area contributed by atoms with Crippen LogP contribution in [-0.4, -0.2) is 185 Å². The smallest absolute Gasteiger partial charge is 0.321 e. The van der Waals surface area contributed by atoms with Gasteiger partial charge in [-0.15, -0.1) is 0 Å². The average Bonchev–Trinajstić information content (AvgIpc) is 1.62. The third kappa shape index (κ3) is 14.9. The maximum Gasteiger partial charge on any atom is 0.321 e. The summed E-state index contributed by atoms with van der Waals surface area (Å²) in [5.41, 5.74) is 19.2. The molecular weight excluding hydrogens is 1470 g/mol. The molecule has 0 atom stereocenters. The van der Waals surface area contributed by atoms with E-state index in [-0.39, 0.29) is 29.6 Å². The van der Waals surface area contributed by atoms with Crippen LogP contribution < -0.4 is 16.0 Å². The Kier molecular flexibility index (Phi) is 19.4. The lowest BCUT2D eigenvalue weighted by atomic mass is 10.1. The van der Waals surface area contributed by atoms with Crippen molar-refractivity contribution in [2.45, 2.75) is 13.3 Å². The van der Waals surface area contributed by atoms with E-state index in [1.165, 1.54) is 29.2 Å². The lowest BCUT2D eigenvalue weighted by Gasteiger charge is -2.32. The normalized spacial score (nSPS) is 12.3. The molecule has 1 fully saturated rings. The second-order valence-electron chi connectivity index (χ2n) is 27.0. The molecular formula is C81H64ClF2N27O3. The minimum atomic E-state index is -0.330. The molecule has 0 unspecified atom stereocenters. The second-order valence-corrected chi connectivity index (χ2v) is 27.4. The number of carbonyl (C=O) groups excluding carboxylic acids is 3. The van der Waals surface area contributed by atoms with Crippen molar-refractivity contribution in [1.82, 2.24) is 120 Å². The van der Waals surface area contributed by atoms with Crippen molar-refractivity contribution in [3.63, 3.8) is 0 Å². The van der Waals surface area contributed by atoms with Crippen LogP contribution in [0.25, 0.3) is 168 Å². The number of pyridine rings is 9. The fourth-order valence-electron chi connectivity index (χ4n) is 13.2. The van der Waals surface area contributed by atoms with Crippen molar-refractivity contribution < 1.29 is 23.2 Å². The summed E-state index contributed by atoms with van der Waals surface area (Å²) in [7, 11) is 5.38. The van der Waals surface area contributed by atoms with Crippen LogP contribution in [0.15, 0.2) is 202 Å². The predicted octanol–water partition coefficient (Wildman–Crippen LogP) is 15.0. The Labute approximate surface area is 649 Å². The van der Waals surface area contributed by atoms with Gasteiger partial charge in [-0.05, 0) is 96.5 Å². The highest BCUT2D eigenvalue weighted by molar-refractivity contribution is 6.31. The number of hydrogen-bond donors (Lipinski definition) is 9. The summed E-state index contributed by atoms with van der Waals surface area (Å²) < 4.78 is 27.8. The summed E-state index contributed by atoms with van der Waals surface area (Å²) in [5, 5.41) is 33.7. The summed E-state index contributed by atoms with van der Waals surface area (Å²) >= 11 is 6.21. The number of amides is 5. The van der Waals surface area contributed by atoms with Gasteiger partial charge in [0.05, 0.1) is 104 Å². The Morgan fingerprint density at radius 3 is 1.21 bits per heavy atom. The largest absolute Gasteiger partial charge is 0.335 e. The first-order valence-electron chi connectivity index (χ1n) is 35.8. The molecule has 0 spiro atoms. The molecule has 3 aromatic carbocycles. The van der Waals surface area contributed by atoms with Crippen LogP contribution in [0.1, 0.15) is 13.3 Å². The second kappa shape index (κ2) is 30.8. The van der Waals surface area contributed by atoms with E-state index in [9.17, 15) is 23.2 Å². The first kappa shape index (κ1) is 71.8. The number of carbonyl (C=O) groups is 3. The zero-order valence-electron chi connectivity index (χ0n) is 61.0. The quantitative estimate of drug-likeness (QED) is 0.0518. The fraction of sp³-hybridized carbons (Fsp3) is 0.111. The van der Waals surface area contributed by atoms with E-state index in [4.69, 9.17) is 26.6 Å². The van der Waals surface area contributed by atoms with Crippen LogP contribution in [0.3, 0.4) is 0 Å². The monoisotopic (exact) mass is 1540 g/mol. The molecule has 1 aliphatic heterocycles. The first-order valence-corrected chi connectivity index (χ1v) is 36.2. The van der Waals surface area contributed by atoms with Crippen LogP contribution in [-0.2, 0) is 4.79 Å². The zero-order chi connectivity index (χ0) is 78.1. The summed E-state index contributed by atoms with van der Waals surface area (Å²) in [5.74, 6) is 0.987. The van der Waals surface area contributed by atoms with Gasteiger partial charge < -0.3 is 45.6 Å². The van der Waals surface area contributed by atoms with Gasteiger partial charge in [-0.1, -0.05) is 54.9 Å². The first-order chi connectivity index (χ1) is 55.6. The van der Waals surface area contributed by atoms with E-state index in [1.54, 1.807) is 131 Å². The van der Waals surface area contributed by atoms with E-state index < -0.39 is 0 Å². The molecule has 33 heteroatoms. The predicted molar refractivity (Wildman–Crippen MR) is 431 cm³/mol. The number of imidazole rings is 3. The molecule has 0 bridgehead atoms. The molecule has 562 valence electrons. The number of nitrogens with one attached hydrogen (secondary N) is 9. The third-order valence-electron chi connectivity index (χ3n) is 19.0. The standard InChI is InChI=1S/C29H25FN10O.C26H19ClN8O.C26H20FN9O/c1-39-5-7-40(8-6-39)29(41)34-21-10-18(12-31-14-21)19-11-22-26(37-38-27(22)33-13-19)28-35-24-16-32-15-23(25(24)36-28)17-3-2-4-20(30)9-17;1-2-22(36)31-18-7-15(9-28-11-18)16-8-19-24(34-35-25(19)30-10-16)26-32-21-13-29-12-20(23(21)33-26)14-4-3-5-17(27)6-14;1-36(2)26(37)31-18-7-15(9-28-11-18)16-8-19-23(34-35-24(19)30-10-16)25-32-21-13-29-12-20(22(21)33-25)14-4-3-5-17(27)6-14/h2-4,9-16H,5-8H2,1H3,(H,34,41)(H,35,36)(H,33,37,38);3-13H,2H2,1H3,(H,31,36)(H,32,33)(H,30,34,35);3-13H,1-2H3,(H,31,37)(H,32,33)(H,30,34,35). The number of aromatic nitrogens is 21. The van der Waals surface area contributed by atoms with Gasteiger partial charge in [0.2, 0.25) is 5.91 Å². The number of H-pyrrole nitrogens is 6. The molecule has 18 aromatic rings. The topological polar surface area (TPSA) is 385 Å². The molecule has 0 aliphatic carbocycles. The van der Waals surface area contributed by atoms with Gasteiger partial charge in [0.15, 0.2) is 34.4 Å². The van der Waals surface area contributed by atoms with Gasteiger partial charge in [-0.2, -0.15) is 15.3 Å². The molecule has 0 saturated carbocycles. The number of likely N-dealkylation sites (N-methyl/N-ethyl adjacent to an activating group) is 1. The van der Waals surface area contributed by atoms with Gasteiger partial charge in [0.25, 0.3) is 0 Å². The molecule has 16 heterocycles. The molecule has 1 saturated heterocycles. The van der Waals surface area contributed by atoms with Crippen LogP contribution >= 0.6 is 11.6 Å². The number of piperazine rings is 1. The van der Waals surface area contributed by atoms with Crippen LogP contribution in [0.4, 0.5) is 35.4 Å². The van der Waals surface area contributed by atoms with E-state index >= 15 is 0 Å². The summed E-state index contributed by atoms with van der Waals surface area (Å²) in [4.78, 5) is 106. The minimum absolute atomic E-state index is 0.0730. The van der Waals surface area contributed by atoms with Gasteiger partial charge in [-0.3, -0.25) is 50.0 Å². The Balaban J connectivity index is 0.000000124. The molecule has 1 aliphatic rings. The summed E-state index contributed by atoms with van der Waals surface area (Å²) in [6, 6.07) is 31.3. The third-order valence-corrected chi connectivity index (χ3v) is 19.3. The Morgan fingerprint density at radius 2 is 0.816 bits per heavy atom. The van der Waals surface area contributed by atoms with E-state index in [0.717, 1.165) is 84.8 Å². The zero-order valence-corrected chi connectivity index (χ0v) is 61.8. The van der Waals surface area contributed by atoms with Crippen molar-refractivity contribution in [3.8, 4) is 101 Å². The highest BCUT2D eigenvalue weighted by Crippen LogP contribution is 2.38. The SMILES string of the molecule is CCC(=O)Nc1cncc(-c2cnc3n[nH]c(-c4nc5c(-c6cccc(Cl)c6)cncc5[nH]4)c3c2)c1.CN(C)C(=O)Nc1cncc(-c2cnc3n[nH]c(-c4nc5c(-c6cccc(F)c6)cncc5[nH]4)c3c2)c1.CN1CCN(C(=O)Nc2cncc(-c3cnc4n[nH]c(-c5nc6c(-c7cccc(F)c7)cncc6[nH]5)c4c3)c2)CC1. The van der Waals surface area contributed by atoms with Gasteiger partial charge in [0.1, 0.15) is 28.7 Å². The number of fused-ring (bicyclic) bond motifs is 6. The molecule has 19 rings (SSSR count). The molecule has 15 aromatic heterocycles. The Hall–Kier alpha value is -15.1. The summed E-state index contributed by atoms with van der Waals surface area (Å²) in [6.07, 6.45) is 25.8. The number of hydrogen-bond acceptors (Lipinski definition) is 19. The molecule has 5 amide bonds. The van der Waals surface area contributed by atoms with Crippen molar-refractivity contribution in [1.29, 1.82) is 0 Å². The van der Waals surface area contributed by atoms with Crippen molar-refractivity contribution in [2.24, 2.45) is 0 Å². The van der Waals surface area contributed by atoms with Gasteiger partial charge >= 0.3 is 12.1 Å². The lowest BCUT2D eigenvalue weighted by Crippen LogP contribution is -2.48. The molecule has 9 N–H and O–H groups in total.